The van der Waals surface area contributed by atoms with Gasteiger partial charge < -0.3 is 5.11 Å². The average Bonchev–Trinajstić information content (AvgIpc) is 3.02. The first-order valence-corrected chi connectivity index (χ1v) is 9.35. The van der Waals surface area contributed by atoms with Gasteiger partial charge in [-0.3, -0.25) is 14.2 Å². The largest absolute Gasteiger partial charge is 0.481 e. The predicted octanol–water partition coefficient (Wildman–Crippen LogP) is 4.36. The molecular weight excluding hydrogens is 348 g/mol. The Labute approximate surface area is 155 Å². The van der Waals surface area contributed by atoms with Crippen molar-refractivity contribution in [3.8, 4) is 10.4 Å². The van der Waals surface area contributed by atoms with E-state index in [0.29, 0.717) is 16.0 Å². The molecule has 0 radical (unpaired) electrons. The van der Waals surface area contributed by atoms with Gasteiger partial charge >= 0.3 is 5.97 Å². The van der Waals surface area contributed by atoms with Crippen LogP contribution >= 0.6 is 11.3 Å². The summed E-state index contributed by atoms with van der Waals surface area (Å²) in [6, 6.07) is 11.7. The van der Waals surface area contributed by atoms with E-state index in [1.165, 1.54) is 15.9 Å². The highest BCUT2D eigenvalue weighted by atomic mass is 32.1. The summed E-state index contributed by atoms with van der Waals surface area (Å²) in [6.45, 7) is 7.26. The lowest BCUT2D eigenvalue weighted by Crippen LogP contribution is -2.36. The quantitative estimate of drug-likeness (QED) is 0.724. The molecular formula is C20H22N2O3S. The molecule has 0 spiro atoms. The fraction of sp³-hybridized carbons (Fsp3) is 0.350. The number of rotatable bonds is 5. The van der Waals surface area contributed by atoms with Crippen LogP contribution in [0.15, 0.2) is 41.2 Å². The van der Waals surface area contributed by atoms with Gasteiger partial charge in [0.25, 0.3) is 5.56 Å². The third-order valence-corrected chi connectivity index (χ3v) is 5.47. The predicted molar refractivity (Wildman–Crippen MR) is 105 cm³/mol. The van der Waals surface area contributed by atoms with Crippen molar-refractivity contribution in [1.29, 1.82) is 0 Å². The van der Waals surface area contributed by atoms with Crippen molar-refractivity contribution in [2.45, 2.75) is 40.2 Å². The van der Waals surface area contributed by atoms with Crippen LogP contribution in [0.3, 0.4) is 0 Å². The van der Waals surface area contributed by atoms with E-state index in [9.17, 15) is 14.7 Å². The summed E-state index contributed by atoms with van der Waals surface area (Å²) in [5.41, 5.74) is -0.189. The number of hydrogen-bond donors (Lipinski definition) is 1. The number of carboxylic acids is 1. The van der Waals surface area contributed by atoms with Gasteiger partial charge in [-0.25, -0.2) is 4.98 Å². The summed E-state index contributed by atoms with van der Waals surface area (Å²) in [5, 5.41) is 10.00. The Morgan fingerprint density at radius 1 is 1.27 bits per heavy atom. The number of benzene rings is 1. The minimum atomic E-state index is -1.05. The summed E-state index contributed by atoms with van der Waals surface area (Å²) in [6.07, 6.45) is 0. The molecule has 0 fully saturated rings. The summed E-state index contributed by atoms with van der Waals surface area (Å²) in [7, 11) is 0. The highest BCUT2D eigenvalue weighted by Gasteiger charge is 2.30. The number of carboxylic acid groups (broad SMARTS) is 1. The Morgan fingerprint density at radius 2 is 1.92 bits per heavy atom. The Morgan fingerprint density at radius 3 is 2.50 bits per heavy atom. The molecule has 3 rings (SSSR count). The molecule has 26 heavy (non-hydrogen) atoms. The third kappa shape index (κ3) is 3.29. The Kier molecular flexibility index (Phi) is 4.71. The molecule has 3 aromatic rings. The van der Waals surface area contributed by atoms with Gasteiger partial charge in [-0.05, 0) is 25.5 Å². The van der Waals surface area contributed by atoms with Gasteiger partial charge in [-0.2, -0.15) is 0 Å². The second-order valence-electron chi connectivity index (χ2n) is 7.40. The molecule has 0 atom stereocenters. The molecule has 0 aliphatic heterocycles. The maximum Gasteiger partial charge on any atom is 0.310 e. The SMILES string of the molecule is CC(C)c1nc2sc(-c3ccccc3)cc2c(=O)n1CC(C)(C)C(=O)O. The summed E-state index contributed by atoms with van der Waals surface area (Å²) in [4.78, 5) is 31.1. The smallest absolute Gasteiger partial charge is 0.310 e. The van der Waals surface area contributed by atoms with E-state index in [2.05, 4.69) is 0 Å². The molecule has 0 amide bonds. The van der Waals surface area contributed by atoms with Crippen LogP contribution in [0.5, 0.6) is 0 Å². The van der Waals surface area contributed by atoms with Crippen LogP contribution in [-0.4, -0.2) is 20.6 Å². The number of nitrogens with zero attached hydrogens (tertiary/aromatic N) is 2. The van der Waals surface area contributed by atoms with Gasteiger partial charge in [0.05, 0.1) is 10.8 Å². The molecule has 0 bridgehead atoms. The highest BCUT2D eigenvalue weighted by Crippen LogP contribution is 2.32. The minimum absolute atomic E-state index is 0.0129. The Hall–Kier alpha value is -2.47. The minimum Gasteiger partial charge on any atom is -0.481 e. The first-order valence-electron chi connectivity index (χ1n) is 8.54. The lowest BCUT2D eigenvalue weighted by Gasteiger charge is -2.23. The van der Waals surface area contributed by atoms with Gasteiger partial charge in [0.1, 0.15) is 10.7 Å². The van der Waals surface area contributed by atoms with Crippen molar-refractivity contribution in [2.24, 2.45) is 5.41 Å². The second-order valence-corrected chi connectivity index (χ2v) is 8.43. The number of thiophene rings is 1. The Bertz CT molecular complexity index is 1020. The van der Waals surface area contributed by atoms with Crippen LogP contribution in [-0.2, 0) is 11.3 Å². The molecule has 0 aliphatic carbocycles. The second kappa shape index (κ2) is 6.68. The molecule has 0 aliphatic rings. The lowest BCUT2D eigenvalue weighted by molar-refractivity contribution is -0.147. The number of carbonyl (C=O) groups is 1. The summed E-state index contributed by atoms with van der Waals surface area (Å²) >= 11 is 1.49. The van der Waals surface area contributed by atoms with Gasteiger partial charge in [0.15, 0.2) is 0 Å². The van der Waals surface area contributed by atoms with Gasteiger partial charge in [0.2, 0.25) is 0 Å². The van der Waals surface area contributed by atoms with Crippen molar-refractivity contribution in [3.63, 3.8) is 0 Å². The third-order valence-electron chi connectivity index (χ3n) is 4.39. The topological polar surface area (TPSA) is 72.2 Å². The van der Waals surface area contributed by atoms with Crippen molar-refractivity contribution < 1.29 is 9.90 Å². The number of fused-ring (bicyclic) bond motifs is 1. The highest BCUT2D eigenvalue weighted by molar-refractivity contribution is 7.21. The van der Waals surface area contributed by atoms with E-state index >= 15 is 0 Å². The van der Waals surface area contributed by atoms with E-state index in [1.54, 1.807) is 13.8 Å². The van der Waals surface area contributed by atoms with Crippen LogP contribution in [0.2, 0.25) is 0 Å². The normalized spacial score (nSPS) is 12.0. The van der Waals surface area contributed by atoms with Crippen molar-refractivity contribution >= 4 is 27.5 Å². The first-order chi connectivity index (χ1) is 12.2. The van der Waals surface area contributed by atoms with Crippen LogP contribution in [0.4, 0.5) is 0 Å². The molecule has 0 unspecified atom stereocenters. The number of hydrogen-bond acceptors (Lipinski definition) is 4. The average molecular weight is 370 g/mol. The van der Waals surface area contributed by atoms with Gasteiger partial charge in [-0.1, -0.05) is 44.2 Å². The summed E-state index contributed by atoms with van der Waals surface area (Å²) in [5.74, 6) is -0.299. The van der Waals surface area contributed by atoms with E-state index in [4.69, 9.17) is 4.98 Å². The van der Waals surface area contributed by atoms with E-state index < -0.39 is 11.4 Å². The van der Waals surface area contributed by atoms with Crippen molar-refractivity contribution in [3.05, 3.63) is 52.6 Å². The van der Waals surface area contributed by atoms with Crippen molar-refractivity contribution in [2.75, 3.05) is 0 Å². The van der Waals surface area contributed by atoms with Crippen LogP contribution in [0.1, 0.15) is 39.4 Å². The molecule has 2 heterocycles. The van der Waals surface area contributed by atoms with Gasteiger partial charge in [-0.15, -0.1) is 11.3 Å². The van der Waals surface area contributed by atoms with E-state index in [1.807, 2.05) is 50.2 Å². The lowest BCUT2D eigenvalue weighted by atomic mass is 9.93. The zero-order chi connectivity index (χ0) is 19.1. The van der Waals surface area contributed by atoms with Crippen LogP contribution in [0.25, 0.3) is 20.7 Å². The maximum atomic E-state index is 13.1. The maximum absolute atomic E-state index is 13.1. The fourth-order valence-electron chi connectivity index (χ4n) is 2.83. The molecule has 2 aromatic heterocycles. The number of aromatic nitrogens is 2. The zero-order valence-electron chi connectivity index (χ0n) is 15.3. The summed E-state index contributed by atoms with van der Waals surface area (Å²) < 4.78 is 1.53. The number of aliphatic carboxylic acids is 1. The standard InChI is InChI=1S/C20H22N2O3S/c1-12(2)16-21-17-14(10-15(26-17)13-8-6-5-7-9-13)18(23)22(16)11-20(3,4)19(24)25/h5-10,12H,11H2,1-4H3,(H,24,25). The molecule has 1 aromatic carbocycles. The molecule has 136 valence electrons. The fourth-order valence-corrected chi connectivity index (χ4v) is 3.87. The first kappa shape index (κ1) is 18.3. The zero-order valence-corrected chi connectivity index (χ0v) is 16.1. The van der Waals surface area contributed by atoms with Gasteiger partial charge in [0, 0.05) is 17.3 Å². The molecule has 1 N–H and O–H groups in total. The van der Waals surface area contributed by atoms with E-state index in [-0.39, 0.29) is 18.0 Å². The molecule has 5 nitrogen and oxygen atoms in total. The van der Waals surface area contributed by atoms with Crippen LogP contribution < -0.4 is 5.56 Å². The molecule has 6 heteroatoms. The van der Waals surface area contributed by atoms with E-state index in [0.717, 1.165) is 10.4 Å². The molecule has 0 saturated carbocycles. The van der Waals surface area contributed by atoms with Crippen LogP contribution in [0, 0.1) is 5.41 Å². The Balaban J connectivity index is 2.21. The van der Waals surface area contributed by atoms with Crippen molar-refractivity contribution in [1.82, 2.24) is 9.55 Å². The monoisotopic (exact) mass is 370 g/mol. The molecule has 0 saturated heterocycles.